The third kappa shape index (κ3) is 4.52. The van der Waals surface area contributed by atoms with Gasteiger partial charge in [0.25, 0.3) is 0 Å². The average molecular weight is 360 g/mol. The second kappa shape index (κ2) is 8.67. The van der Waals surface area contributed by atoms with Crippen molar-refractivity contribution in [3.05, 3.63) is 63.2 Å². The van der Waals surface area contributed by atoms with Crippen LogP contribution in [0.15, 0.2) is 39.5 Å². The molecule has 1 aromatic carbocycles. The summed E-state index contributed by atoms with van der Waals surface area (Å²) in [5.74, 6) is -1.42. The van der Waals surface area contributed by atoms with Crippen molar-refractivity contribution in [2.45, 2.75) is 45.6 Å². The van der Waals surface area contributed by atoms with Crippen LogP contribution in [-0.2, 0) is 16.1 Å². The monoisotopic (exact) mass is 360 g/mol. The summed E-state index contributed by atoms with van der Waals surface area (Å²) in [5, 5.41) is 19.5. The molecule has 6 heteroatoms. The van der Waals surface area contributed by atoms with Crippen LogP contribution >= 0.6 is 0 Å². The summed E-state index contributed by atoms with van der Waals surface area (Å²) in [5.41, 5.74) is 1.16. The van der Waals surface area contributed by atoms with E-state index in [0.29, 0.717) is 11.5 Å². The van der Waals surface area contributed by atoms with Crippen molar-refractivity contribution in [2.24, 2.45) is 0 Å². The lowest BCUT2D eigenvalue weighted by Crippen LogP contribution is -2.15. The first-order valence-corrected chi connectivity index (χ1v) is 8.59. The van der Waals surface area contributed by atoms with Gasteiger partial charge in [-0.2, -0.15) is 0 Å². The minimum atomic E-state index is -0.700. The summed E-state index contributed by atoms with van der Waals surface area (Å²) in [6.07, 6.45) is -0.0970. The molecule has 2 N–H and O–H groups in total. The SMILES string of the molecule is CCOC(=O)C[C@@H](c1ccc(C(C)C)cc1)c1oc(CO)cc(=O)c1O. The van der Waals surface area contributed by atoms with Crippen molar-refractivity contribution in [2.75, 3.05) is 6.61 Å². The van der Waals surface area contributed by atoms with Crippen LogP contribution in [0.4, 0.5) is 0 Å². The largest absolute Gasteiger partial charge is 0.502 e. The Bertz CT molecular complexity index is 804. The van der Waals surface area contributed by atoms with Gasteiger partial charge in [-0.15, -0.1) is 0 Å². The van der Waals surface area contributed by atoms with E-state index in [9.17, 15) is 19.8 Å². The molecule has 140 valence electrons. The van der Waals surface area contributed by atoms with E-state index in [1.165, 1.54) is 0 Å². The Morgan fingerprint density at radius 1 is 1.19 bits per heavy atom. The van der Waals surface area contributed by atoms with Gasteiger partial charge in [0.2, 0.25) is 11.2 Å². The van der Waals surface area contributed by atoms with Crippen LogP contribution in [0.5, 0.6) is 5.75 Å². The molecule has 2 rings (SSSR count). The first-order chi connectivity index (χ1) is 12.4. The Labute approximate surface area is 152 Å². The van der Waals surface area contributed by atoms with Crippen molar-refractivity contribution >= 4 is 5.97 Å². The molecular weight excluding hydrogens is 336 g/mol. The highest BCUT2D eigenvalue weighted by Gasteiger charge is 2.26. The standard InChI is InChI=1S/C20H24O6/c1-4-25-18(23)10-16(14-7-5-13(6-8-14)12(2)3)20-19(24)17(22)9-15(11-21)26-20/h5-9,12,16,21,24H,4,10-11H2,1-3H3/t16-/m0/s1. The van der Waals surface area contributed by atoms with Gasteiger partial charge in [0.05, 0.1) is 18.9 Å². The number of benzene rings is 1. The molecule has 0 fully saturated rings. The molecule has 1 heterocycles. The summed E-state index contributed by atoms with van der Waals surface area (Å²) >= 11 is 0. The van der Waals surface area contributed by atoms with Crippen molar-refractivity contribution in [3.63, 3.8) is 0 Å². The number of aliphatic hydroxyl groups excluding tert-OH is 1. The highest BCUT2D eigenvalue weighted by atomic mass is 16.5. The molecule has 1 aromatic heterocycles. The van der Waals surface area contributed by atoms with E-state index in [1.807, 2.05) is 24.3 Å². The fourth-order valence-corrected chi connectivity index (χ4v) is 2.73. The lowest BCUT2D eigenvalue weighted by molar-refractivity contribution is -0.143. The second-order valence-electron chi connectivity index (χ2n) is 6.33. The van der Waals surface area contributed by atoms with Gasteiger partial charge < -0.3 is 19.4 Å². The maximum Gasteiger partial charge on any atom is 0.306 e. The summed E-state index contributed by atoms with van der Waals surface area (Å²) < 4.78 is 10.5. The number of ether oxygens (including phenoxy) is 1. The molecule has 0 unspecified atom stereocenters. The Morgan fingerprint density at radius 2 is 1.81 bits per heavy atom. The number of hydrogen-bond donors (Lipinski definition) is 2. The molecule has 0 bridgehead atoms. The molecule has 0 aliphatic heterocycles. The Hall–Kier alpha value is -2.60. The molecule has 6 nitrogen and oxygen atoms in total. The van der Waals surface area contributed by atoms with Crippen LogP contribution in [0.2, 0.25) is 0 Å². The quantitative estimate of drug-likeness (QED) is 0.737. The highest BCUT2D eigenvalue weighted by Crippen LogP contribution is 2.34. The molecular formula is C20H24O6. The zero-order valence-corrected chi connectivity index (χ0v) is 15.2. The van der Waals surface area contributed by atoms with Crippen LogP contribution in [0, 0.1) is 0 Å². The normalized spacial score (nSPS) is 12.2. The number of carbonyl (C=O) groups excluding carboxylic acids is 1. The smallest absolute Gasteiger partial charge is 0.306 e. The van der Waals surface area contributed by atoms with E-state index < -0.39 is 29.7 Å². The van der Waals surface area contributed by atoms with Crippen LogP contribution in [0.1, 0.15) is 61.7 Å². The molecule has 0 aliphatic rings. The van der Waals surface area contributed by atoms with Crippen LogP contribution in [0.25, 0.3) is 0 Å². The molecule has 1 atom stereocenters. The number of aliphatic hydroxyl groups is 1. The van der Waals surface area contributed by atoms with Crippen LogP contribution < -0.4 is 5.43 Å². The number of hydrogen-bond acceptors (Lipinski definition) is 6. The predicted molar refractivity (Wildman–Crippen MR) is 96.2 cm³/mol. The molecule has 26 heavy (non-hydrogen) atoms. The van der Waals surface area contributed by atoms with E-state index in [4.69, 9.17) is 9.15 Å². The van der Waals surface area contributed by atoms with Gasteiger partial charge in [0, 0.05) is 6.07 Å². The maximum atomic E-state index is 12.1. The summed E-state index contributed by atoms with van der Waals surface area (Å²) in [6, 6.07) is 8.57. The number of esters is 1. The molecule has 0 saturated heterocycles. The summed E-state index contributed by atoms with van der Waals surface area (Å²) in [6.45, 7) is 5.58. The first-order valence-electron chi connectivity index (χ1n) is 8.59. The molecule has 0 aliphatic carbocycles. The topological polar surface area (TPSA) is 97.0 Å². The third-order valence-electron chi connectivity index (χ3n) is 4.15. The average Bonchev–Trinajstić information content (AvgIpc) is 2.62. The van der Waals surface area contributed by atoms with Crippen molar-refractivity contribution < 1.29 is 24.2 Å². The van der Waals surface area contributed by atoms with Crippen molar-refractivity contribution in [3.8, 4) is 5.75 Å². The molecule has 0 radical (unpaired) electrons. The van der Waals surface area contributed by atoms with E-state index >= 15 is 0 Å². The van der Waals surface area contributed by atoms with Gasteiger partial charge in [-0.25, -0.2) is 0 Å². The zero-order chi connectivity index (χ0) is 19.3. The van der Waals surface area contributed by atoms with Crippen LogP contribution in [0.3, 0.4) is 0 Å². The molecule has 0 saturated carbocycles. The lowest BCUT2D eigenvalue weighted by atomic mass is 9.90. The van der Waals surface area contributed by atoms with E-state index in [0.717, 1.165) is 11.6 Å². The fourth-order valence-electron chi connectivity index (χ4n) is 2.73. The molecule has 0 amide bonds. The third-order valence-corrected chi connectivity index (χ3v) is 4.15. The maximum absolute atomic E-state index is 12.1. The predicted octanol–water partition coefficient (Wildman–Crippen LogP) is 3.05. The number of aromatic hydroxyl groups is 1. The van der Waals surface area contributed by atoms with Gasteiger partial charge >= 0.3 is 5.97 Å². The number of carbonyl (C=O) groups is 1. The van der Waals surface area contributed by atoms with Crippen molar-refractivity contribution in [1.29, 1.82) is 0 Å². The lowest BCUT2D eigenvalue weighted by Gasteiger charge is -2.18. The first kappa shape index (κ1) is 19.7. The summed E-state index contributed by atoms with van der Waals surface area (Å²) in [4.78, 5) is 24.0. The Morgan fingerprint density at radius 3 is 2.35 bits per heavy atom. The Kier molecular flexibility index (Phi) is 6.58. The molecule has 2 aromatic rings. The van der Waals surface area contributed by atoms with E-state index in [2.05, 4.69) is 13.8 Å². The van der Waals surface area contributed by atoms with E-state index in [1.54, 1.807) is 6.92 Å². The minimum Gasteiger partial charge on any atom is -0.502 e. The van der Waals surface area contributed by atoms with Gasteiger partial charge in [-0.3, -0.25) is 9.59 Å². The van der Waals surface area contributed by atoms with E-state index in [-0.39, 0.29) is 24.5 Å². The Balaban J connectivity index is 2.52. The van der Waals surface area contributed by atoms with Crippen LogP contribution in [-0.4, -0.2) is 22.8 Å². The fraction of sp³-hybridized carbons (Fsp3) is 0.400. The zero-order valence-electron chi connectivity index (χ0n) is 15.2. The van der Waals surface area contributed by atoms with Gasteiger partial charge in [-0.1, -0.05) is 38.1 Å². The molecule has 0 spiro atoms. The second-order valence-corrected chi connectivity index (χ2v) is 6.33. The number of rotatable bonds is 7. The minimum absolute atomic E-state index is 0.0236. The summed E-state index contributed by atoms with van der Waals surface area (Å²) in [7, 11) is 0. The van der Waals surface area contributed by atoms with Gasteiger partial charge in [0.15, 0.2) is 5.76 Å². The van der Waals surface area contributed by atoms with Crippen molar-refractivity contribution in [1.82, 2.24) is 0 Å². The highest BCUT2D eigenvalue weighted by molar-refractivity contribution is 5.71. The van der Waals surface area contributed by atoms with Gasteiger partial charge in [-0.05, 0) is 24.0 Å². The van der Waals surface area contributed by atoms with Gasteiger partial charge in [0.1, 0.15) is 12.4 Å².